The van der Waals surface area contributed by atoms with E-state index in [-0.39, 0.29) is 11.5 Å². The predicted octanol–water partition coefficient (Wildman–Crippen LogP) is 3.37. The third kappa shape index (κ3) is 2.28. The van der Waals surface area contributed by atoms with Gasteiger partial charge in [-0.15, -0.1) is 0 Å². The molecule has 2 bridgehead atoms. The van der Waals surface area contributed by atoms with Crippen molar-refractivity contribution in [2.75, 3.05) is 26.6 Å². The number of phenolic OH excluding ortho intramolecular Hbond substituents is 1. The number of phenols is 1. The van der Waals surface area contributed by atoms with Crippen molar-refractivity contribution in [2.24, 2.45) is 0 Å². The molecule has 1 spiro atoms. The van der Waals surface area contributed by atoms with E-state index < -0.39 is 29.4 Å². The largest absolute Gasteiger partial charge is 0.506 e. The molecule has 5 atom stereocenters. The monoisotopic (exact) mass is 486 g/mol. The van der Waals surface area contributed by atoms with Gasteiger partial charge in [0, 0.05) is 42.2 Å². The third-order valence-corrected chi connectivity index (χ3v) is 8.71. The van der Waals surface area contributed by atoms with Crippen LogP contribution in [0.1, 0.15) is 52.4 Å². The van der Waals surface area contributed by atoms with Gasteiger partial charge >= 0.3 is 0 Å². The van der Waals surface area contributed by atoms with Crippen molar-refractivity contribution in [1.82, 2.24) is 0 Å². The number of methoxy groups -OCH3 is 2. The highest BCUT2D eigenvalue weighted by atomic mass is 32.1. The number of ketones is 1. The van der Waals surface area contributed by atoms with E-state index in [0.29, 0.717) is 59.5 Å². The van der Waals surface area contributed by atoms with Crippen LogP contribution in [-0.4, -0.2) is 60.7 Å². The summed E-state index contributed by atoms with van der Waals surface area (Å²) in [6.07, 6.45) is 1.10. The van der Waals surface area contributed by atoms with E-state index >= 15 is 0 Å². The molecule has 0 amide bonds. The van der Waals surface area contributed by atoms with Crippen molar-refractivity contribution < 1.29 is 38.3 Å². The summed E-state index contributed by atoms with van der Waals surface area (Å²) in [4.78, 5) is 12.9. The number of benzene rings is 2. The summed E-state index contributed by atoms with van der Waals surface area (Å²) in [6, 6.07) is 1.97. The molecule has 3 fully saturated rings. The summed E-state index contributed by atoms with van der Waals surface area (Å²) < 4.78 is 37.6. The fourth-order valence-corrected chi connectivity index (χ4v) is 6.97. The maximum atomic E-state index is 12.9. The Kier molecular flexibility index (Phi) is 4.12. The van der Waals surface area contributed by atoms with Crippen LogP contribution in [-0.2, 0) is 25.4 Å². The summed E-state index contributed by atoms with van der Waals surface area (Å²) in [5.41, 5.74) is 1.99. The van der Waals surface area contributed by atoms with Gasteiger partial charge in [0.15, 0.2) is 23.3 Å². The first-order valence-corrected chi connectivity index (χ1v) is 12.2. The number of aromatic hydroxyl groups is 1. The van der Waals surface area contributed by atoms with Crippen molar-refractivity contribution in [2.45, 2.75) is 62.0 Å². The van der Waals surface area contributed by atoms with E-state index in [2.05, 4.69) is 12.6 Å². The molecular weight excluding hydrogens is 460 g/mol. The first-order valence-electron chi connectivity index (χ1n) is 11.6. The lowest BCUT2D eigenvalue weighted by Gasteiger charge is -2.49. The maximum Gasteiger partial charge on any atom is 0.271 e. The van der Waals surface area contributed by atoms with E-state index in [0.717, 1.165) is 23.1 Å². The molecule has 0 aromatic heterocycles. The van der Waals surface area contributed by atoms with Crippen LogP contribution in [0.15, 0.2) is 6.07 Å². The van der Waals surface area contributed by atoms with E-state index in [1.54, 1.807) is 14.2 Å². The van der Waals surface area contributed by atoms with E-state index in [4.69, 9.17) is 28.4 Å². The van der Waals surface area contributed by atoms with Crippen LogP contribution < -0.4 is 9.47 Å². The summed E-state index contributed by atoms with van der Waals surface area (Å²) in [6.45, 7) is 2.42. The molecule has 0 radical (unpaired) electrons. The van der Waals surface area contributed by atoms with Crippen molar-refractivity contribution in [3.05, 3.63) is 28.3 Å². The average Bonchev–Trinajstić information content (AvgIpc) is 3.50. The van der Waals surface area contributed by atoms with Gasteiger partial charge in [0.25, 0.3) is 5.79 Å². The predicted molar refractivity (Wildman–Crippen MR) is 123 cm³/mol. The lowest BCUT2D eigenvalue weighted by Crippen LogP contribution is -2.67. The van der Waals surface area contributed by atoms with Gasteiger partial charge in [0.2, 0.25) is 0 Å². The Labute approximate surface area is 201 Å². The number of fused-ring (bicyclic) bond motifs is 7. The molecule has 4 aliphatic heterocycles. The minimum absolute atomic E-state index is 0.0837. The third-order valence-electron chi connectivity index (χ3n) is 8.23. The van der Waals surface area contributed by atoms with Crippen LogP contribution in [0.2, 0.25) is 0 Å². The second-order valence-corrected chi connectivity index (χ2v) is 10.3. The van der Waals surface area contributed by atoms with Crippen LogP contribution in [0.3, 0.4) is 0 Å². The van der Waals surface area contributed by atoms with E-state index in [1.165, 1.54) is 0 Å². The Morgan fingerprint density at radius 3 is 2.74 bits per heavy atom. The molecule has 1 N–H and O–H groups in total. The van der Waals surface area contributed by atoms with Gasteiger partial charge in [-0.3, -0.25) is 4.79 Å². The number of hydrogen-bond acceptors (Lipinski definition) is 9. The summed E-state index contributed by atoms with van der Waals surface area (Å²) in [7, 11) is 3.16. The highest BCUT2D eigenvalue weighted by Gasteiger charge is 2.81. The topological polar surface area (TPSA) is 96.0 Å². The molecular formula is C25H26O8S. The van der Waals surface area contributed by atoms with E-state index in [9.17, 15) is 9.90 Å². The normalized spacial score (nSPS) is 36.9. The van der Waals surface area contributed by atoms with Gasteiger partial charge in [-0.2, -0.15) is 12.6 Å². The van der Waals surface area contributed by atoms with Gasteiger partial charge in [-0.1, -0.05) is 0 Å². The van der Waals surface area contributed by atoms with Gasteiger partial charge < -0.3 is 33.5 Å². The van der Waals surface area contributed by atoms with Crippen molar-refractivity contribution in [1.29, 1.82) is 0 Å². The molecule has 2 aromatic rings. The number of epoxide rings is 1. The molecule has 34 heavy (non-hydrogen) atoms. The minimum Gasteiger partial charge on any atom is -0.506 e. The van der Waals surface area contributed by atoms with Crippen LogP contribution >= 0.6 is 12.6 Å². The molecule has 5 aliphatic rings. The zero-order valence-electron chi connectivity index (χ0n) is 19.2. The average molecular weight is 487 g/mol. The Bertz CT molecular complexity index is 1290. The molecule has 8 nitrogen and oxygen atoms in total. The lowest BCUT2D eigenvalue weighted by molar-refractivity contribution is -0.320. The Balaban J connectivity index is 1.58. The Morgan fingerprint density at radius 2 is 2.06 bits per heavy atom. The van der Waals surface area contributed by atoms with Crippen molar-refractivity contribution >= 4 is 29.2 Å². The number of carbonyl (C=O) groups is 1. The highest BCUT2D eigenvalue weighted by Crippen LogP contribution is 2.66. The first-order chi connectivity index (χ1) is 16.3. The number of Topliss-reactive ketones (excluding diaryl/α,β-unsaturated/α-hetero) is 1. The lowest BCUT2D eigenvalue weighted by atomic mass is 9.79. The fraction of sp³-hybridized carbons (Fsp3) is 0.560. The minimum atomic E-state index is -1.27. The summed E-state index contributed by atoms with van der Waals surface area (Å²) in [5.74, 6) is -1.00. The second kappa shape index (κ2) is 6.59. The van der Waals surface area contributed by atoms with Gasteiger partial charge in [0.05, 0.1) is 24.7 Å². The molecule has 4 heterocycles. The Hall–Kier alpha value is -2.04. The molecule has 180 valence electrons. The highest BCUT2D eigenvalue weighted by molar-refractivity contribution is 7.80. The quantitative estimate of drug-likeness (QED) is 0.504. The number of aryl methyl sites for hydroxylation is 1. The Morgan fingerprint density at radius 1 is 1.26 bits per heavy atom. The first kappa shape index (κ1) is 21.3. The summed E-state index contributed by atoms with van der Waals surface area (Å²) in [5, 5.41) is 12.6. The van der Waals surface area contributed by atoms with Crippen molar-refractivity contribution in [3.63, 3.8) is 0 Å². The number of carbonyl (C=O) groups excluding carboxylic acids is 1. The van der Waals surface area contributed by atoms with Crippen LogP contribution in [0.5, 0.6) is 17.2 Å². The molecule has 1 aliphatic carbocycles. The number of rotatable bonds is 3. The van der Waals surface area contributed by atoms with E-state index in [1.807, 2.05) is 13.0 Å². The molecule has 3 saturated heterocycles. The van der Waals surface area contributed by atoms with Gasteiger partial charge in [-0.25, -0.2) is 0 Å². The zero-order chi connectivity index (χ0) is 23.6. The molecule has 0 saturated carbocycles. The number of thiol groups is 1. The van der Waals surface area contributed by atoms with Crippen LogP contribution in [0, 0.1) is 6.92 Å². The fourth-order valence-electron chi connectivity index (χ4n) is 6.71. The molecule has 7 rings (SSSR count). The van der Waals surface area contributed by atoms with Gasteiger partial charge in [-0.05, 0) is 31.4 Å². The van der Waals surface area contributed by atoms with Crippen LogP contribution in [0.4, 0.5) is 0 Å². The summed E-state index contributed by atoms with van der Waals surface area (Å²) >= 11 is 4.53. The molecule has 9 heteroatoms. The van der Waals surface area contributed by atoms with Gasteiger partial charge in [0.1, 0.15) is 23.4 Å². The second-order valence-electron chi connectivity index (χ2n) is 9.95. The molecule has 3 unspecified atom stereocenters. The SMILES string of the molecule is COc1c2c(c(O)c3c4c(c(C)cc13)C1OC3(CS)C[C@]5(CO5)[C@](OC)(O4)C1O3)C(=O)CCC2. The van der Waals surface area contributed by atoms with Crippen LogP contribution in [0.25, 0.3) is 10.8 Å². The standard InChI is InChI=1S/C25H26O8S/c1-11-7-13-17(18(27)16-12(19(13)28-2)5-4-6-14(16)26)20-15(11)21-22-25(29-3,32-20)23(9-30-23)8-24(10-34,31-21)33-22/h7,21-22,27,34H,4-6,8-10H2,1-3H3/t21?,22?,23-,24?,25+/m0/s1. The maximum absolute atomic E-state index is 12.9. The smallest absolute Gasteiger partial charge is 0.271 e. The molecule has 2 aromatic carbocycles. The number of ether oxygens (including phenoxy) is 6. The van der Waals surface area contributed by atoms with Crippen molar-refractivity contribution in [3.8, 4) is 17.2 Å². The zero-order valence-corrected chi connectivity index (χ0v) is 20.1. The number of hydrogen-bond donors (Lipinski definition) is 2.